The van der Waals surface area contributed by atoms with Crippen molar-refractivity contribution in [2.24, 2.45) is 0 Å². The maximum atomic E-state index is 4.63. The van der Waals surface area contributed by atoms with Gasteiger partial charge in [-0.05, 0) is 38.6 Å². The molecule has 6 heteroatoms. The highest BCUT2D eigenvalue weighted by Gasteiger charge is 2.18. The fraction of sp³-hybridized carbons (Fsp3) is 0.706. The average Bonchev–Trinajstić information content (AvgIpc) is 2.63. The normalized spacial score (nSPS) is 19.5. The van der Waals surface area contributed by atoms with E-state index < -0.39 is 0 Å². The van der Waals surface area contributed by atoms with Crippen LogP contribution in [0.5, 0.6) is 0 Å². The molecule has 1 aliphatic heterocycles. The largest absolute Gasteiger partial charge is 0.368 e. The van der Waals surface area contributed by atoms with E-state index >= 15 is 0 Å². The number of hydrogen-bond acceptors (Lipinski definition) is 6. The van der Waals surface area contributed by atoms with Gasteiger partial charge in [-0.1, -0.05) is 18.6 Å². The number of likely N-dealkylation sites (N-methyl/N-ethyl adjacent to an activating group) is 1. The van der Waals surface area contributed by atoms with E-state index in [1.165, 1.54) is 25.7 Å². The lowest BCUT2D eigenvalue weighted by atomic mass is 9.97. The van der Waals surface area contributed by atoms with E-state index in [0.717, 1.165) is 57.5 Å². The first-order valence-corrected chi connectivity index (χ1v) is 8.94. The van der Waals surface area contributed by atoms with Crippen molar-refractivity contribution in [2.75, 3.05) is 49.5 Å². The van der Waals surface area contributed by atoms with Crippen LogP contribution in [-0.4, -0.2) is 59.3 Å². The highest BCUT2D eigenvalue weighted by Crippen LogP contribution is 2.20. The van der Waals surface area contributed by atoms with E-state index in [9.17, 15) is 0 Å². The third-order valence-electron chi connectivity index (χ3n) is 4.79. The highest BCUT2D eigenvalue weighted by molar-refractivity contribution is 5.39. The van der Waals surface area contributed by atoms with Gasteiger partial charge in [0.05, 0.1) is 6.20 Å². The number of piperazine rings is 1. The van der Waals surface area contributed by atoms with E-state index in [-0.39, 0.29) is 0 Å². The van der Waals surface area contributed by atoms with Crippen molar-refractivity contribution in [2.45, 2.75) is 39.0 Å². The van der Waals surface area contributed by atoms with E-state index in [2.05, 4.69) is 43.3 Å². The minimum atomic E-state index is 0.752. The summed E-state index contributed by atoms with van der Waals surface area (Å²) < 4.78 is 0. The van der Waals surface area contributed by atoms with Gasteiger partial charge in [-0.25, -0.2) is 0 Å². The Labute approximate surface area is 139 Å². The van der Waals surface area contributed by atoms with Gasteiger partial charge >= 0.3 is 0 Å². The second-order valence-electron chi connectivity index (χ2n) is 6.35. The molecule has 6 nitrogen and oxygen atoms in total. The Morgan fingerprint density at radius 3 is 2.78 bits per heavy atom. The fourth-order valence-electron chi connectivity index (χ4n) is 3.26. The Bertz CT molecular complexity index is 522. The molecule has 126 valence electrons. The summed E-state index contributed by atoms with van der Waals surface area (Å²) in [5.41, 5.74) is 1.58. The molecule has 1 aliphatic carbocycles. The number of allylic oxidation sites excluding steroid dienone is 1. The first-order chi connectivity index (χ1) is 11.3. The van der Waals surface area contributed by atoms with Crippen molar-refractivity contribution in [3.8, 4) is 0 Å². The summed E-state index contributed by atoms with van der Waals surface area (Å²) >= 11 is 0. The van der Waals surface area contributed by atoms with E-state index in [4.69, 9.17) is 0 Å². The summed E-state index contributed by atoms with van der Waals surface area (Å²) in [6.07, 6.45) is 10.4. The summed E-state index contributed by atoms with van der Waals surface area (Å²) in [5.74, 6) is 1.59. The fourth-order valence-corrected chi connectivity index (χ4v) is 3.26. The lowest BCUT2D eigenvalue weighted by Gasteiger charge is -2.33. The molecular weight excluding hydrogens is 288 g/mol. The topological polar surface area (TPSA) is 57.2 Å². The molecule has 23 heavy (non-hydrogen) atoms. The van der Waals surface area contributed by atoms with Gasteiger partial charge < -0.3 is 15.1 Å². The van der Waals surface area contributed by atoms with Crippen LogP contribution in [0.1, 0.15) is 39.0 Å². The number of nitrogens with one attached hydrogen (secondary N) is 1. The second-order valence-corrected chi connectivity index (χ2v) is 6.35. The van der Waals surface area contributed by atoms with Crippen LogP contribution in [0.2, 0.25) is 0 Å². The molecule has 2 heterocycles. The molecule has 1 aromatic rings. The van der Waals surface area contributed by atoms with E-state index in [1.54, 1.807) is 11.8 Å². The van der Waals surface area contributed by atoms with Crippen LogP contribution in [0.4, 0.5) is 11.8 Å². The molecule has 0 unspecified atom stereocenters. The molecule has 0 radical (unpaired) electrons. The van der Waals surface area contributed by atoms with Crippen LogP contribution in [0.15, 0.2) is 17.8 Å². The first-order valence-electron chi connectivity index (χ1n) is 8.94. The average molecular weight is 316 g/mol. The predicted octanol–water partition coefficient (Wildman–Crippen LogP) is 2.32. The van der Waals surface area contributed by atoms with Gasteiger partial charge in [0.2, 0.25) is 5.95 Å². The van der Waals surface area contributed by atoms with Crippen molar-refractivity contribution >= 4 is 11.8 Å². The van der Waals surface area contributed by atoms with Gasteiger partial charge in [0.25, 0.3) is 0 Å². The van der Waals surface area contributed by atoms with Crippen molar-refractivity contribution < 1.29 is 0 Å². The Balaban J connectivity index is 1.50. The van der Waals surface area contributed by atoms with E-state index in [0.29, 0.717) is 0 Å². The Kier molecular flexibility index (Phi) is 5.80. The molecule has 2 aliphatic rings. The third kappa shape index (κ3) is 4.64. The maximum absolute atomic E-state index is 4.63. The predicted molar refractivity (Wildman–Crippen MR) is 93.8 cm³/mol. The van der Waals surface area contributed by atoms with Crippen LogP contribution in [0.25, 0.3) is 0 Å². The standard InChI is InChI=1S/C17H28N6/c1-2-22-10-12-23(13-11-22)17-20-16(14-19-21-17)18-9-8-15-6-4-3-5-7-15/h6,14H,2-5,7-13H2,1H3,(H,18,20,21). The van der Waals surface area contributed by atoms with Gasteiger partial charge in [0.15, 0.2) is 5.82 Å². The Hall–Kier alpha value is -1.69. The lowest BCUT2D eigenvalue weighted by molar-refractivity contribution is 0.269. The highest BCUT2D eigenvalue weighted by atomic mass is 15.4. The number of anilines is 2. The molecule has 0 atom stereocenters. The van der Waals surface area contributed by atoms with Crippen LogP contribution in [0, 0.1) is 0 Å². The summed E-state index contributed by atoms with van der Waals surface area (Å²) in [4.78, 5) is 9.31. The van der Waals surface area contributed by atoms with E-state index in [1.807, 2.05) is 0 Å². The van der Waals surface area contributed by atoms with Gasteiger partial charge in [-0.3, -0.25) is 0 Å². The summed E-state index contributed by atoms with van der Waals surface area (Å²) in [6.45, 7) is 8.35. The summed E-state index contributed by atoms with van der Waals surface area (Å²) in [5, 5.41) is 11.7. The molecule has 3 rings (SSSR count). The van der Waals surface area contributed by atoms with Gasteiger partial charge in [0, 0.05) is 32.7 Å². The zero-order chi connectivity index (χ0) is 15.9. The van der Waals surface area contributed by atoms with Crippen molar-refractivity contribution in [1.82, 2.24) is 20.1 Å². The van der Waals surface area contributed by atoms with Crippen LogP contribution < -0.4 is 10.2 Å². The molecule has 1 saturated heterocycles. The first kappa shape index (κ1) is 16.2. The van der Waals surface area contributed by atoms with Crippen LogP contribution >= 0.6 is 0 Å². The number of nitrogens with zero attached hydrogens (tertiary/aromatic N) is 5. The van der Waals surface area contributed by atoms with Crippen molar-refractivity contribution in [3.05, 3.63) is 17.8 Å². The zero-order valence-corrected chi connectivity index (χ0v) is 14.2. The van der Waals surface area contributed by atoms with Gasteiger partial charge in [0.1, 0.15) is 0 Å². The van der Waals surface area contributed by atoms with Crippen LogP contribution in [-0.2, 0) is 0 Å². The Morgan fingerprint density at radius 1 is 1.17 bits per heavy atom. The SMILES string of the molecule is CCN1CCN(c2nncc(NCCC3=CCCCC3)n2)CC1. The smallest absolute Gasteiger partial charge is 0.247 e. The Morgan fingerprint density at radius 2 is 2.04 bits per heavy atom. The molecule has 1 fully saturated rings. The molecule has 0 aromatic carbocycles. The molecule has 0 bridgehead atoms. The van der Waals surface area contributed by atoms with Gasteiger partial charge in [-0.15, -0.1) is 5.10 Å². The second kappa shape index (κ2) is 8.24. The molecule has 1 N–H and O–H groups in total. The minimum Gasteiger partial charge on any atom is -0.368 e. The monoisotopic (exact) mass is 316 g/mol. The minimum absolute atomic E-state index is 0.752. The molecule has 0 spiro atoms. The number of rotatable bonds is 6. The quantitative estimate of drug-likeness (QED) is 0.813. The molecule has 0 amide bonds. The zero-order valence-electron chi connectivity index (χ0n) is 14.2. The van der Waals surface area contributed by atoms with Crippen LogP contribution in [0.3, 0.4) is 0 Å². The summed E-state index contributed by atoms with van der Waals surface area (Å²) in [7, 11) is 0. The molecule has 1 aromatic heterocycles. The molecule has 0 saturated carbocycles. The lowest BCUT2D eigenvalue weighted by Crippen LogP contribution is -2.46. The maximum Gasteiger partial charge on any atom is 0.247 e. The molecular formula is C17H28N6. The van der Waals surface area contributed by atoms with Gasteiger partial charge in [-0.2, -0.15) is 10.1 Å². The number of hydrogen-bond donors (Lipinski definition) is 1. The number of aromatic nitrogens is 3. The van der Waals surface area contributed by atoms with Crippen molar-refractivity contribution in [3.63, 3.8) is 0 Å². The van der Waals surface area contributed by atoms with Crippen molar-refractivity contribution in [1.29, 1.82) is 0 Å². The summed E-state index contributed by atoms with van der Waals surface area (Å²) in [6, 6.07) is 0. The third-order valence-corrected chi connectivity index (χ3v) is 4.79.